The Bertz CT molecular complexity index is 768. The summed E-state index contributed by atoms with van der Waals surface area (Å²) in [5.41, 5.74) is 0. The van der Waals surface area contributed by atoms with Crippen molar-refractivity contribution >= 4 is 0 Å². The van der Waals surface area contributed by atoms with E-state index in [4.69, 9.17) is 9.47 Å². The summed E-state index contributed by atoms with van der Waals surface area (Å²) >= 11 is 0. The maximum atomic E-state index is 6.39. The van der Waals surface area contributed by atoms with Crippen LogP contribution in [0.1, 0.15) is 259 Å². The SMILES string of the molecule is CCCCCCCCCC[C@H]1CC[C@H](C2CCC(CCOC(C)C(C)OCCC3CCC([C@H]4CC[C@H](CCCCCCCCCC)CC4)CC3)CC2)CC1. The molecule has 4 saturated carbocycles. The molecule has 0 saturated heterocycles. The number of ether oxygens (including phenoxy) is 2. The Morgan fingerprint density at radius 2 is 0.556 bits per heavy atom. The zero-order chi connectivity index (χ0) is 38.1. The van der Waals surface area contributed by atoms with Crippen LogP contribution in [0.5, 0.6) is 0 Å². The zero-order valence-corrected chi connectivity index (χ0v) is 37.5. The van der Waals surface area contributed by atoms with Crippen molar-refractivity contribution in [2.45, 2.75) is 271 Å². The van der Waals surface area contributed by atoms with Crippen LogP contribution in [-0.2, 0) is 9.47 Å². The highest BCUT2D eigenvalue weighted by Crippen LogP contribution is 2.44. The van der Waals surface area contributed by atoms with E-state index < -0.39 is 0 Å². The molecular formula is C52H98O2. The summed E-state index contributed by atoms with van der Waals surface area (Å²) in [7, 11) is 0. The summed E-state index contributed by atoms with van der Waals surface area (Å²) in [6.45, 7) is 11.0. The third kappa shape index (κ3) is 19.1. The smallest absolute Gasteiger partial charge is 0.0805 e. The van der Waals surface area contributed by atoms with Gasteiger partial charge in [0.2, 0.25) is 0 Å². The van der Waals surface area contributed by atoms with E-state index in [0.29, 0.717) is 0 Å². The molecule has 2 atom stereocenters. The van der Waals surface area contributed by atoms with Gasteiger partial charge in [0.15, 0.2) is 0 Å². The lowest BCUT2D eigenvalue weighted by molar-refractivity contribution is -0.0635. The molecule has 318 valence electrons. The number of hydrogen-bond acceptors (Lipinski definition) is 2. The minimum Gasteiger partial charge on any atom is -0.376 e. The normalized spacial score (nSPS) is 30.7. The maximum absolute atomic E-state index is 6.39. The van der Waals surface area contributed by atoms with Gasteiger partial charge in [-0.2, -0.15) is 0 Å². The van der Waals surface area contributed by atoms with E-state index in [1.54, 1.807) is 0 Å². The second-order valence-electron chi connectivity index (χ2n) is 20.4. The fourth-order valence-corrected chi connectivity index (χ4v) is 12.0. The van der Waals surface area contributed by atoms with Gasteiger partial charge < -0.3 is 9.47 Å². The van der Waals surface area contributed by atoms with Crippen molar-refractivity contribution in [3.05, 3.63) is 0 Å². The van der Waals surface area contributed by atoms with Gasteiger partial charge in [-0.1, -0.05) is 181 Å². The Balaban J connectivity index is 0.933. The fraction of sp³-hybridized carbons (Fsp3) is 1.00. The van der Waals surface area contributed by atoms with Crippen molar-refractivity contribution in [1.29, 1.82) is 0 Å². The molecular weight excluding hydrogens is 657 g/mol. The third-order valence-electron chi connectivity index (χ3n) is 16.3. The van der Waals surface area contributed by atoms with Crippen LogP contribution in [0.25, 0.3) is 0 Å². The largest absolute Gasteiger partial charge is 0.376 e. The summed E-state index contributed by atoms with van der Waals surface area (Å²) in [5.74, 6) is 8.05. The molecule has 2 nitrogen and oxygen atoms in total. The predicted molar refractivity (Wildman–Crippen MR) is 236 cm³/mol. The first-order valence-corrected chi connectivity index (χ1v) is 25.8. The molecule has 4 rings (SSSR count). The topological polar surface area (TPSA) is 18.5 Å². The minimum absolute atomic E-state index is 0.212. The van der Waals surface area contributed by atoms with E-state index in [2.05, 4.69) is 27.7 Å². The molecule has 0 spiro atoms. The van der Waals surface area contributed by atoms with Crippen molar-refractivity contribution in [3.8, 4) is 0 Å². The van der Waals surface area contributed by atoms with Crippen LogP contribution in [0.3, 0.4) is 0 Å². The average molecular weight is 755 g/mol. The van der Waals surface area contributed by atoms with Gasteiger partial charge in [-0.25, -0.2) is 0 Å². The number of hydrogen-bond donors (Lipinski definition) is 0. The van der Waals surface area contributed by atoms with Gasteiger partial charge in [0.25, 0.3) is 0 Å². The summed E-state index contributed by atoms with van der Waals surface area (Å²) in [5, 5.41) is 0. The van der Waals surface area contributed by atoms with Crippen molar-refractivity contribution in [2.24, 2.45) is 47.3 Å². The Morgan fingerprint density at radius 3 is 0.833 bits per heavy atom. The third-order valence-corrected chi connectivity index (χ3v) is 16.3. The highest BCUT2D eigenvalue weighted by molar-refractivity contribution is 4.84. The predicted octanol–water partition coefficient (Wildman–Crippen LogP) is 16.9. The summed E-state index contributed by atoms with van der Waals surface area (Å²) in [4.78, 5) is 0. The summed E-state index contributed by atoms with van der Waals surface area (Å²) in [6.07, 6.45) is 53.5. The Morgan fingerprint density at radius 1 is 0.315 bits per heavy atom. The fourth-order valence-electron chi connectivity index (χ4n) is 12.0. The Hall–Kier alpha value is -0.0800. The molecule has 0 aromatic heterocycles. The summed E-state index contributed by atoms with van der Waals surface area (Å²) < 4.78 is 12.8. The van der Waals surface area contributed by atoms with E-state index in [1.165, 1.54) is 231 Å². The van der Waals surface area contributed by atoms with Gasteiger partial charge in [-0.3, -0.25) is 0 Å². The van der Waals surface area contributed by atoms with E-state index in [-0.39, 0.29) is 12.2 Å². The molecule has 0 N–H and O–H groups in total. The molecule has 0 amide bonds. The molecule has 0 radical (unpaired) electrons. The molecule has 0 aromatic rings. The number of unbranched alkanes of at least 4 members (excludes halogenated alkanes) is 14. The Kier molecular flexibility index (Phi) is 25.2. The van der Waals surface area contributed by atoms with Crippen molar-refractivity contribution in [2.75, 3.05) is 13.2 Å². The summed E-state index contributed by atoms with van der Waals surface area (Å²) in [6, 6.07) is 0. The standard InChI is InChI=1S/C52H98O2/c1-5-7-9-11-13-15-17-19-21-45-23-31-49(32-24-45)51-35-27-47(28-36-51)39-41-53-43(3)44(4)54-42-40-48-29-37-52(38-30-48)50-33-25-46(26-34-50)22-20-18-16-14-12-10-8-6-2/h43-52H,5-42H2,1-4H3/t43?,44?,45-,46-,47?,48?,49-,50-,51?,52?. The van der Waals surface area contributed by atoms with E-state index in [1.807, 2.05) is 0 Å². The number of rotatable bonds is 29. The second-order valence-corrected chi connectivity index (χ2v) is 20.4. The quantitative estimate of drug-likeness (QED) is 0.0708. The minimum atomic E-state index is 0.212. The van der Waals surface area contributed by atoms with Crippen molar-refractivity contribution in [1.82, 2.24) is 0 Å². The van der Waals surface area contributed by atoms with E-state index in [0.717, 1.165) is 60.6 Å². The van der Waals surface area contributed by atoms with Crippen LogP contribution < -0.4 is 0 Å². The molecule has 0 aliphatic heterocycles. The average Bonchev–Trinajstić information content (AvgIpc) is 3.21. The van der Waals surface area contributed by atoms with Crippen LogP contribution in [-0.4, -0.2) is 25.4 Å². The highest BCUT2D eigenvalue weighted by atomic mass is 16.5. The first kappa shape index (κ1) is 46.6. The molecule has 2 unspecified atom stereocenters. The Labute approximate surface area is 340 Å². The van der Waals surface area contributed by atoms with Gasteiger partial charge in [-0.15, -0.1) is 0 Å². The molecule has 4 aliphatic rings. The lowest BCUT2D eigenvalue weighted by atomic mass is 9.68. The van der Waals surface area contributed by atoms with E-state index >= 15 is 0 Å². The molecule has 2 heteroatoms. The monoisotopic (exact) mass is 755 g/mol. The molecule has 4 aliphatic carbocycles. The zero-order valence-electron chi connectivity index (χ0n) is 37.5. The van der Waals surface area contributed by atoms with Gasteiger partial charge in [-0.05, 0) is 125 Å². The van der Waals surface area contributed by atoms with Crippen LogP contribution in [0.4, 0.5) is 0 Å². The molecule has 0 bridgehead atoms. The van der Waals surface area contributed by atoms with Crippen LogP contribution in [0.2, 0.25) is 0 Å². The van der Waals surface area contributed by atoms with Gasteiger partial charge in [0.1, 0.15) is 0 Å². The maximum Gasteiger partial charge on any atom is 0.0805 e. The van der Waals surface area contributed by atoms with Crippen LogP contribution in [0, 0.1) is 47.3 Å². The molecule has 4 fully saturated rings. The van der Waals surface area contributed by atoms with Crippen LogP contribution in [0.15, 0.2) is 0 Å². The van der Waals surface area contributed by atoms with Gasteiger partial charge in [0.05, 0.1) is 12.2 Å². The van der Waals surface area contributed by atoms with Gasteiger partial charge in [0, 0.05) is 13.2 Å². The molecule has 0 aromatic carbocycles. The second kappa shape index (κ2) is 29.2. The highest BCUT2D eigenvalue weighted by Gasteiger charge is 2.32. The first-order chi connectivity index (χ1) is 26.6. The van der Waals surface area contributed by atoms with Crippen molar-refractivity contribution < 1.29 is 9.47 Å². The van der Waals surface area contributed by atoms with Crippen LogP contribution >= 0.6 is 0 Å². The molecule has 54 heavy (non-hydrogen) atoms. The lowest BCUT2D eigenvalue weighted by Gasteiger charge is -2.38. The lowest BCUT2D eigenvalue weighted by Crippen LogP contribution is -2.29. The van der Waals surface area contributed by atoms with Crippen molar-refractivity contribution in [3.63, 3.8) is 0 Å². The van der Waals surface area contributed by atoms with Gasteiger partial charge >= 0.3 is 0 Å². The van der Waals surface area contributed by atoms with E-state index in [9.17, 15) is 0 Å². The molecule has 0 heterocycles. The first-order valence-electron chi connectivity index (χ1n) is 25.8.